The summed E-state index contributed by atoms with van der Waals surface area (Å²) in [4.78, 5) is 0. The lowest BCUT2D eigenvalue weighted by Crippen LogP contribution is -2.11. The Morgan fingerprint density at radius 1 is 0.842 bits per heavy atom. The largest absolute Gasteiger partial charge is 0.385 e. The van der Waals surface area contributed by atoms with Gasteiger partial charge in [0.15, 0.2) is 0 Å². The molecule has 2 rings (SSSR count). The molecule has 0 saturated heterocycles. The average molecular weight is 253 g/mol. The smallest absolute Gasteiger partial charge is 0.0340 e. The van der Waals surface area contributed by atoms with Gasteiger partial charge >= 0.3 is 0 Å². The van der Waals surface area contributed by atoms with Gasteiger partial charge in [-0.25, -0.2) is 0 Å². The van der Waals surface area contributed by atoms with Crippen LogP contribution in [-0.2, 0) is 11.8 Å². The maximum Gasteiger partial charge on any atom is 0.0340 e. The van der Waals surface area contributed by atoms with Gasteiger partial charge in [0.25, 0.3) is 0 Å². The van der Waals surface area contributed by atoms with Gasteiger partial charge in [0.2, 0.25) is 0 Å². The third-order valence-electron chi connectivity index (χ3n) is 3.34. The molecule has 100 valence electrons. The lowest BCUT2D eigenvalue weighted by Gasteiger charge is -2.19. The first-order chi connectivity index (χ1) is 9.05. The first-order valence-corrected chi connectivity index (χ1v) is 6.94. The highest BCUT2D eigenvalue weighted by Gasteiger charge is 2.12. The van der Waals surface area contributed by atoms with Gasteiger partial charge in [0, 0.05) is 12.2 Å². The Kier molecular flexibility index (Phi) is 4.26. The summed E-state index contributed by atoms with van der Waals surface area (Å²) in [5.74, 6) is 0. The summed E-state index contributed by atoms with van der Waals surface area (Å²) in [7, 11) is 0. The van der Waals surface area contributed by atoms with Crippen LogP contribution >= 0.6 is 0 Å². The molecule has 0 spiro atoms. The molecule has 1 N–H and O–H groups in total. The first-order valence-electron chi connectivity index (χ1n) is 6.94. The van der Waals surface area contributed by atoms with Crippen molar-refractivity contribution in [3.05, 3.63) is 65.7 Å². The normalized spacial score (nSPS) is 11.3. The van der Waals surface area contributed by atoms with E-state index in [2.05, 4.69) is 74.6 Å². The van der Waals surface area contributed by atoms with Crippen LogP contribution in [0.1, 0.15) is 31.9 Å². The zero-order chi connectivity index (χ0) is 13.7. The molecule has 0 aromatic heterocycles. The Balaban J connectivity index is 1.87. The van der Waals surface area contributed by atoms with Crippen LogP contribution in [0.5, 0.6) is 0 Å². The van der Waals surface area contributed by atoms with Gasteiger partial charge in [-0.05, 0) is 35.1 Å². The monoisotopic (exact) mass is 253 g/mol. The SMILES string of the molecule is CC(C)(C)c1ccc(CCNc2ccccc2)cc1. The quantitative estimate of drug-likeness (QED) is 0.837. The molecule has 0 heterocycles. The van der Waals surface area contributed by atoms with E-state index < -0.39 is 0 Å². The summed E-state index contributed by atoms with van der Waals surface area (Å²) < 4.78 is 0. The van der Waals surface area contributed by atoms with E-state index in [1.165, 1.54) is 16.8 Å². The predicted octanol–water partition coefficient (Wildman–Crippen LogP) is 4.64. The fraction of sp³-hybridized carbons (Fsp3) is 0.333. The van der Waals surface area contributed by atoms with Crippen LogP contribution in [0, 0.1) is 0 Å². The van der Waals surface area contributed by atoms with Crippen molar-refractivity contribution in [1.29, 1.82) is 0 Å². The Morgan fingerprint density at radius 2 is 1.47 bits per heavy atom. The lowest BCUT2D eigenvalue weighted by molar-refractivity contribution is 0.590. The molecule has 0 radical (unpaired) electrons. The number of anilines is 1. The minimum Gasteiger partial charge on any atom is -0.385 e. The molecule has 2 aromatic rings. The first kappa shape index (κ1) is 13.7. The predicted molar refractivity (Wildman–Crippen MR) is 83.8 cm³/mol. The Hall–Kier alpha value is -1.76. The van der Waals surface area contributed by atoms with E-state index in [4.69, 9.17) is 0 Å². The molecule has 0 aliphatic rings. The highest BCUT2D eigenvalue weighted by atomic mass is 14.9. The van der Waals surface area contributed by atoms with E-state index in [0.29, 0.717) is 0 Å². The fourth-order valence-corrected chi connectivity index (χ4v) is 2.08. The van der Waals surface area contributed by atoms with E-state index >= 15 is 0 Å². The van der Waals surface area contributed by atoms with E-state index in [0.717, 1.165) is 13.0 Å². The van der Waals surface area contributed by atoms with Gasteiger partial charge in [-0.2, -0.15) is 0 Å². The molecule has 0 amide bonds. The molecule has 0 bridgehead atoms. The standard InChI is InChI=1S/C18H23N/c1-18(2,3)16-11-9-15(10-12-16)13-14-19-17-7-5-4-6-8-17/h4-12,19H,13-14H2,1-3H3. The van der Waals surface area contributed by atoms with Crippen LogP contribution in [0.25, 0.3) is 0 Å². The van der Waals surface area contributed by atoms with Crippen LogP contribution in [0.15, 0.2) is 54.6 Å². The van der Waals surface area contributed by atoms with E-state index in [1.54, 1.807) is 0 Å². The molecular weight excluding hydrogens is 230 g/mol. The molecule has 0 aliphatic heterocycles. The van der Waals surface area contributed by atoms with Crippen molar-refractivity contribution in [2.24, 2.45) is 0 Å². The van der Waals surface area contributed by atoms with Gasteiger partial charge in [-0.1, -0.05) is 63.2 Å². The number of para-hydroxylation sites is 1. The average Bonchev–Trinajstić information content (AvgIpc) is 2.39. The zero-order valence-electron chi connectivity index (χ0n) is 12.1. The second kappa shape index (κ2) is 5.92. The van der Waals surface area contributed by atoms with Crippen molar-refractivity contribution in [2.45, 2.75) is 32.6 Å². The van der Waals surface area contributed by atoms with Crippen LogP contribution in [-0.4, -0.2) is 6.54 Å². The van der Waals surface area contributed by atoms with Gasteiger partial charge in [0.1, 0.15) is 0 Å². The number of nitrogens with one attached hydrogen (secondary N) is 1. The van der Waals surface area contributed by atoms with Gasteiger partial charge < -0.3 is 5.32 Å². The van der Waals surface area contributed by atoms with Crippen molar-refractivity contribution < 1.29 is 0 Å². The molecule has 2 aromatic carbocycles. The highest BCUT2D eigenvalue weighted by molar-refractivity contribution is 5.42. The summed E-state index contributed by atoms with van der Waals surface area (Å²) in [6, 6.07) is 19.3. The third kappa shape index (κ3) is 4.13. The second-order valence-electron chi connectivity index (χ2n) is 5.99. The van der Waals surface area contributed by atoms with E-state index in [9.17, 15) is 0 Å². The van der Waals surface area contributed by atoms with Crippen LogP contribution in [0.3, 0.4) is 0 Å². The number of hydrogen-bond donors (Lipinski definition) is 1. The molecule has 0 unspecified atom stereocenters. The second-order valence-corrected chi connectivity index (χ2v) is 5.99. The number of benzene rings is 2. The third-order valence-corrected chi connectivity index (χ3v) is 3.34. The zero-order valence-corrected chi connectivity index (χ0v) is 12.1. The minimum atomic E-state index is 0.237. The molecule has 19 heavy (non-hydrogen) atoms. The van der Waals surface area contributed by atoms with Crippen molar-refractivity contribution in [1.82, 2.24) is 0 Å². The maximum absolute atomic E-state index is 3.44. The van der Waals surface area contributed by atoms with Gasteiger partial charge in [-0.3, -0.25) is 0 Å². The summed E-state index contributed by atoms with van der Waals surface area (Å²) in [6.45, 7) is 7.72. The molecule has 0 saturated carbocycles. The molecule has 0 fully saturated rings. The Morgan fingerprint density at radius 3 is 2.05 bits per heavy atom. The summed E-state index contributed by atoms with van der Waals surface area (Å²) in [5.41, 5.74) is 4.21. The number of rotatable bonds is 4. The molecule has 0 atom stereocenters. The molecule has 1 nitrogen and oxygen atoms in total. The topological polar surface area (TPSA) is 12.0 Å². The highest BCUT2D eigenvalue weighted by Crippen LogP contribution is 2.22. The number of hydrogen-bond acceptors (Lipinski definition) is 1. The van der Waals surface area contributed by atoms with Crippen molar-refractivity contribution in [3.63, 3.8) is 0 Å². The minimum absolute atomic E-state index is 0.237. The maximum atomic E-state index is 3.44. The van der Waals surface area contributed by atoms with Crippen LogP contribution < -0.4 is 5.32 Å². The van der Waals surface area contributed by atoms with E-state index in [1.807, 2.05) is 6.07 Å². The molecule has 1 heteroatoms. The van der Waals surface area contributed by atoms with Crippen molar-refractivity contribution in [2.75, 3.05) is 11.9 Å². The lowest BCUT2D eigenvalue weighted by atomic mass is 9.86. The van der Waals surface area contributed by atoms with Crippen molar-refractivity contribution in [3.8, 4) is 0 Å². The summed E-state index contributed by atoms with van der Waals surface area (Å²) >= 11 is 0. The van der Waals surface area contributed by atoms with E-state index in [-0.39, 0.29) is 5.41 Å². The summed E-state index contributed by atoms with van der Waals surface area (Å²) in [5, 5.41) is 3.44. The van der Waals surface area contributed by atoms with Crippen molar-refractivity contribution >= 4 is 5.69 Å². The summed E-state index contributed by atoms with van der Waals surface area (Å²) in [6.07, 6.45) is 1.05. The Bertz CT molecular complexity index is 491. The van der Waals surface area contributed by atoms with Crippen LogP contribution in [0.2, 0.25) is 0 Å². The van der Waals surface area contributed by atoms with Crippen LogP contribution in [0.4, 0.5) is 5.69 Å². The molecular formula is C18H23N. The molecule has 0 aliphatic carbocycles. The Labute approximate surface area is 116 Å². The van der Waals surface area contributed by atoms with Gasteiger partial charge in [0.05, 0.1) is 0 Å². The van der Waals surface area contributed by atoms with Gasteiger partial charge in [-0.15, -0.1) is 0 Å². The fourth-order valence-electron chi connectivity index (χ4n) is 2.08.